The Morgan fingerprint density at radius 3 is 2.50 bits per heavy atom. The predicted octanol–water partition coefficient (Wildman–Crippen LogP) is 7.07. The first-order chi connectivity index (χ1) is 16.3. The topological polar surface area (TPSA) is 72.1 Å². The quantitative estimate of drug-likeness (QED) is 0.141. The number of nitrogens with zero attached hydrogens (tertiary/aromatic N) is 2. The highest BCUT2D eigenvalue weighted by Gasteiger charge is 2.15. The molecule has 0 unspecified atom stereocenters. The summed E-state index contributed by atoms with van der Waals surface area (Å²) in [6, 6.07) is 18.3. The lowest BCUT2D eigenvalue weighted by atomic mass is 10.1. The summed E-state index contributed by atoms with van der Waals surface area (Å²) < 4.78 is 2.27. The van der Waals surface area contributed by atoms with Gasteiger partial charge in [-0.3, -0.25) is 10.1 Å². The molecule has 9 heteroatoms. The zero-order valence-corrected chi connectivity index (χ0v) is 20.7. The lowest BCUT2D eigenvalue weighted by Gasteiger charge is -2.12. The van der Waals surface area contributed by atoms with Crippen molar-refractivity contribution < 1.29 is 4.92 Å². The molecule has 0 aliphatic rings. The van der Waals surface area contributed by atoms with E-state index in [0.717, 1.165) is 11.1 Å². The highest BCUT2D eigenvalue weighted by atomic mass is 35.5. The maximum atomic E-state index is 10.9. The molecule has 34 heavy (non-hydrogen) atoms. The van der Waals surface area contributed by atoms with Crippen molar-refractivity contribution in [3.05, 3.63) is 103 Å². The summed E-state index contributed by atoms with van der Waals surface area (Å²) in [6.45, 7) is 4.78. The number of nitro groups is 1. The van der Waals surface area contributed by atoms with E-state index in [1.54, 1.807) is 12.1 Å². The standard InChI is InChI=1S/C25H23Cl3N4O2/c1-16-21(14-29-10-11-30-24-9-8-19(32(33)34)13-23(24)28)20-4-2-3-5-25(20)31(16)15-17-6-7-18(26)12-22(17)27/h2-9,12-13,29-30H,10-11,14-15H2,1H3. The molecule has 0 aliphatic carbocycles. The van der Waals surface area contributed by atoms with Crippen LogP contribution in [-0.4, -0.2) is 22.6 Å². The average molecular weight is 518 g/mol. The molecule has 0 atom stereocenters. The fourth-order valence-electron chi connectivity index (χ4n) is 4.01. The number of rotatable bonds is 9. The largest absolute Gasteiger partial charge is 0.383 e. The van der Waals surface area contributed by atoms with Crippen LogP contribution in [-0.2, 0) is 13.1 Å². The van der Waals surface area contributed by atoms with Crippen LogP contribution in [0.25, 0.3) is 10.9 Å². The second-order valence-electron chi connectivity index (χ2n) is 7.93. The van der Waals surface area contributed by atoms with Gasteiger partial charge in [-0.2, -0.15) is 0 Å². The predicted molar refractivity (Wildman–Crippen MR) is 141 cm³/mol. The Balaban J connectivity index is 1.43. The van der Waals surface area contributed by atoms with Crippen molar-refractivity contribution in [2.75, 3.05) is 18.4 Å². The summed E-state index contributed by atoms with van der Waals surface area (Å²) in [7, 11) is 0. The Morgan fingerprint density at radius 1 is 0.971 bits per heavy atom. The Hall–Kier alpha value is -2.77. The minimum atomic E-state index is -0.461. The Labute approximate surface area is 212 Å². The molecule has 1 heterocycles. The number of aromatic nitrogens is 1. The Kier molecular flexibility index (Phi) is 7.63. The second kappa shape index (κ2) is 10.7. The van der Waals surface area contributed by atoms with Gasteiger partial charge in [0.15, 0.2) is 0 Å². The maximum Gasteiger partial charge on any atom is 0.271 e. The summed E-state index contributed by atoms with van der Waals surface area (Å²) in [5.41, 5.74) is 5.21. The smallest absolute Gasteiger partial charge is 0.271 e. The van der Waals surface area contributed by atoms with Gasteiger partial charge in [-0.15, -0.1) is 0 Å². The first-order valence-electron chi connectivity index (χ1n) is 10.7. The van der Waals surface area contributed by atoms with Crippen LogP contribution in [0.4, 0.5) is 11.4 Å². The molecule has 0 spiro atoms. The number of nitro benzene ring substituents is 1. The number of halogens is 3. The first-order valence-corrected chi connectivity index (χ1v) is 11.9. The van der Waals surface area contributed by atoms with Gasteiger partial charge in [0, 0.05) is 65.0 Å². The number of nitrogens with one attached hydrogen (secondary N) is 2. The number of hydrogen-bond acceptors (Lipinski definition) is 4. The van der Waals surface area contributed by atoms with E-state index in [4.69, 9.17) is 34.8 Å². The molecule has 4 rings (SSSR count). The van der Waals surface area contributed by atoms with Crippen LogP contribution in [0.2, 0.25) is 15.1 Å². The average Bonchev–Trinajstić information content (AvgIpc) is 3.07. The molecule has 176 valence electrons. The minimum Gasteiger partial charge on any atom is -0.383 e. The molecule has 2 N–H and O–H groups in total. The Bertz CT molecular complexity index is 1350. The zero-order valence-electron chi connectivity index (χ0n) is 18.4. The van der Waals surface area contributed by atoms with Crippen molar-refractivity contribution in [1.82, 2.24) is 9.88 Å². The normalized spacial score (nSPS) is 11.2. The van der Waals surface area contributed by atoms with Gasteiger partial charge in [0.2, 0.25) is 0 Å². The van der Waals surface area contributed by atoms with Crippen LogP contribution in [0.1, 0.15) is 16.8 Å². The summed E-state index contributed by atoms with van der Waals surface area (Å²) in [5, 5.41) is 20.4. The molecule has 0 amide bonds. The lowest BCUT2D eigenvalue weighted by molar-refractivity contribution is -0.384. The van der Waals surface area contributed by atoms with Crippen molar-refractivity contribution in [3.8, 4) is 0 Å². The fourth-order valence-corrected chi connectivity index (χ4v) is 4.72. The lowest BCUT2D eigenvalue weighted by Crippen LogP contribution is -2.22. The molecule has 0 saturated carbocycles. The van der Waals surface area contributed by atoms with Crippen molar-refractivity contribution in [1.29, 1.82) is 0 Å². The summed E-state index contributed by atoms with van der Waals surface area (Å²) in [5.74, 6) is 0. The van der Waals surface area contributed by atoms with Crippen LogP contribution in [0, 0.1) is 17.0 Å². The van der Waals surface area contributed by atoms with E-state index >= 15 is 0 Å². The van der Waals surface area contributed by atoms with Gasteiger partial charge < -0.3 is 15.2 Å². The molecule has 0 bridgehead atoms. The molecule has 0 fully saturated rings. The summed E-state index contributed by atoms with van der Waals surface area (Å²) >= 11 is 18.6. The number of non-ortho nitro benzene ring substituents is 1. The van der Waals surface area contributed by atoms with Gasteiger partial charge in [-0.1, -0.05) is 59.1 Å². The van der Waals surface area contributed by atoms with E-state index < -0.39 is 4.92 Å². The van der Waals surface area contributed by atoms with Crippen LogP contribution in [0.3, 0.4) is 0 Å². The zero-order chi connectivity index (χ0) is 24.2. The Morgan fingerprint density at radius 2 is 1.76 bits per heavy atom. The van der Waals surface area contributed by atoms with Crippen molar-refractivity contribution in [2.45, 2.75) is 20.0 Å². The summed E-state index contributed by atoms with van der Waals surface area (Å²) in [4.78, 5) is 10.4. The SMILES string of the molecule is Cc1c(CNCCNc2ccc([N+](=O)[O-])cc2Cl)c2ccccc2n1Cc1ccc(Cl)cc1Cl. The molecule has 0 radical (unpaired) electrons. The molecule has 3 aromatic carbocycles. The van der Waals surface area contributed by atoms with E-state index in [0.29, 0.717) is 46.9 Å². The third-order valence-electron chi connectivity index (χ3n) is 5.79. The highest BCUT2D eigenvalue weighted by Crippen LogP contribution is 2.29. The van der Waals surface area contributed by atoms with Crippen molar-refractivity contribution in [3.63, 3.8) is 0 Å². The molecule has 0 saturated heterocycles. The minimum absolute atomic E-state index is 0.0274. The van der Waals surface area contributed by atoms with Crippen molar-refractivity contribution >= 4 is 57.1 Å². The number of benzene rings is 3. The third-order valence-corrected chi connectivity index (χ3v) is 6.69. The van der Waals surface area contributed by atoms with Crippen LogP contribution < -0.4 is 10.6 Å². The summed E-state index contributed by atoms with van der Waals surface area (Å²) in [6.07, 6.45) is 0. The number of fused-ring (bicyclic) bond motifs is 1. The van der Waals surface area contributed by atoms with Gasteiger partial charge in [0.05, 0.1) is 15.6 Å². The van der Waals surface area contributed by atoms with Gasteiger partial charge in [-0.05, 0) is 42.3 Å². The van der Waals surface area contributed by atoms with E-state index in [2.05, 4.69) is 34.3 Å². The highest BCUT2D eigenvalue weighted by molar-refractivity contribution is 6.35. The molecular weight excluding hydrogens is 495 g/mol. The van der Waals surface area contributed by atoms with Crippen LogP contribution in [0.15, 0.2) is 60.7 Å². The second-order valence-corrected chi connectivity index (χ2v) is 9.18. The van der Waals surface area contributed by atoms with Crippen LogP contribution in [0.5, 0.6) is 0 Å². The molecule has 6 nitrogen and oxygen atoms in total. The van der Waals surface area contributed by atoms with Gasteiger partial charge in [0.25, 0.3) is 5.69 Å². The molecular formula is C25H23Cl3N4O2. The molecule has 0 aliphatic heterocycles. The van der Waals surface area contributed by atoms with Gasteiger partial charge in [0.1, 0.15) is 0 Å². The maximum absolute atomic E-state index is 10.9. The number of anilines is 1. The van der Waals surface area contributed by atoms with Gasteiger partial charge in [-0.25, -0.2) is 0 Å². The monoisotopic (exact) mass is 516 g/mol. The number of hydrogen-bond donors (Lipinski definition) is 2. The van der Waals surface area contributed by atoms with Gasteiger partial charge >= 0.3 is 0 Å². The first kappa shape index (κ1) is 24.4. The van der Waals surface area contributed by atoms with Crippen molar-refractivity contribution in [2.24, 2.45) is 0 Å². The van der Waals surface area contributed by atoms with E-state index in [1.165, 1.54) is 28.8 Å². The van der Waals surface area contributed by atoms with E-state index in [1.807, 2.05) is 24.3 Å². The van der Waals surface area contributed by atoms with Crippen LogP contribution >= 0.6 is 34.8 Å². The molecule has 1 aromatic heterocycles. The molecule has 4 aromatic rings. The third kappa shape index (κ3) is 5.31. The van der Waals surface area contributed by atoms with E-state index in [9.17, 15) is 10.1 Å². The van der Waals surface area contributed by atoms with E-state index in [-0.39, 0.29) is 5.69 Å². The number of para-hydroxylation sites is 1. The fraction of sp³-hybridized carbons (Fsp3) is 0.200.